The third kappa shape index (κ3) is 5.18. The summed E-state index contributed by atoms with van der Waals surface area (Å²) < 4.78 is 74.7. The zero-order valence-corrected chi connectivity index (χ0v) is 24.0. The average Bonchev–Trinajstić information content (AvgIpc) is 3.23. The summed E-state index contributed by atoms with van der Waals surface area (Å²) >= 11 is 0. The van der Waals surface area contributed by atoms with Gasteiger partial charge in [-0.05, 0) is 35.6 Å². The molecule has 0 spiro atoms. The highest BCUT2D eigenvalue weighted by atomic mass is 32.2. The molecule has 0 aliphatic carbocycles. The molecule has 39 heavy (non-hydrogen) atoms. The van der Waals surface area contributed by atoms with Crippen molar-refractivity contribution in [2.45, 2.75) is 45.2 Å². The van der Waals surface area contributed by atoms with Crippen molar-refractivity contribution >= 4 is 31.7 Å². The Labute approximate surface area is 227 Å². The Kier molecular flexibility index (Phi) is 7.15. The van der Waals surface area contributed by atoms with Crippen molar-refractivity contribution < 1.29 is 35.9 Å². The van der Waals surface area contributed by atoms with Crippen molar-refractivity contribution in [2.75, 3.05) is 20.0 Å². The Hall–Kier alpha value is -3.29. The Bertz CT molecular complexity index is 1640. The lowest BCUT2D eigenvalue weighted by molar-refractivity contribution is -0.129. The minimum absolute atomic E-state index is 0.0109. The lowest BCUT2D eigenvalue weighted by atomic mass is 9.84. The van der Waals surface area contributed by atoms with E-state index in [1.54, 1.807) is 19.1 Å². The summed E-state index contributed by atoms with van der Waals surface area (Å²) in [6, 6.07) is 7.78. The number of benzene rings is 2. The molecule has 0 saturated heterocycles. The van der Waals surface area contributed by atoms with Crippen LogP contribution in [-0.2, 0) is 31.4 Å². The largest absolute Gasteiger partial charge is 0.509 e. The van der Waals surface area contributed by atoms with Crippen LogP contribution >= 0.6 is 0 Å². The van der Waals surface area contributed by atoms with Crippen molar-refractivity contribution in [2.24, 2.45) is 9.81 Å². The lowest BCUT2D eigenvalue weighted by Crippen LogP contribution is -2.43. The van der Waals surface area contributed by atoms with Gasteiger partial charge in [0.2, 0.25) is 16.0 Å². The van der Waals surface area contributed by atoms with Crippen LogP contribution in [0.4, 0.5) is 4.39 Å². The molecule has 0 radical (unpaired) electrons. The summed E-state index contributed by atoms with van der Waals surface area (Å²) in [4.78, 5) is 14.8. The predicted molar refractivity (Wildman–Crippen MR) is 143 cm³/mol. The molecule has 2 heterocycles. The Morgan fingerprint density at radius 3 is 2.44 bits per heavy atom. The predicted octanol–water partition coefficient (Wildman–Crippen LogP) is 3.12. The van der Waals surface area contributed by atoms with Crippen molar-refractivity contribution in [3.8, 4) is 5.75 Å². The van der Waals surface area contributed by atoms with Gasteiger partial charge in [0.05, 0.1) is 6.04 Å². The highest BCUT2D eigenvalue weighted by Gasteiger charge is 2.49. The maximum Gasteiger partial charge on any atom is 0.287 e. The van der Waals surface area contributed by atoms with Gasteiger partial charge in [0.1, 0.15) is 33.5 Å². The number of carbonyl (C=O) groups excluding carboxylic acids is 1. The smallest absolute Gasteiger partial charge is 0.287 e. The van der Waals surface area contributed by atoms with Crippen molar-refractivity contribution in [3.63, 3.8) is 0 Å². The van der Waals surface area contributed by atoms with Crippen LogP contribution in [0.1, 0.15) is 37.5 Å². The third-order valence-corrected chi connectivity index (χ3v) is 9.45. The van der Waals surface area contributed by atoms with Gasteiger partial charge in [-0.1, -0.05) is 45.0 Å². The van der Waals surface area contributed by atoms with E-state index in [2.05, 4.69) is 4.40 Å². The number of fused-ring (bicyclic) bond motifs is 1. The van der Waals surface area contributed by atoms with Crippen LogP contribution in [-0.4, -0.2) is 68.8 Å². The van der Waals surface area contributed by atoms with Crippen LogP contribution in [0.3, 0.4) is 0 Å². The van der Waals surface area contributed by atoms with E-state index in [0.717, 1.165) is 4.31 Å². The SMILES string of the molecule is Cc1cc(CN2C(=O)C(C3=NS(=O)(=O)c4c(OCS(=O)(=O)N(C)C)cccc43)=C(O)[C@@H]2C(C)(C)C)ccc1F. The number of nitrogens with zero attached hydrogens (tertiary/aromatic N) is 3. The number of amides is 1. The summed E-state index contributed by atoms with van der Waals surface area (Å²) in [7, 11) is -5.59. The van der Waals surface area contributed by atoms with Gasteiger partial charge in [-0.3, -0.25) is 4.79 Å². The van der Waals surface area contributed by atoms with Gasteiger partial charge in [0.25, 0.3) is 15.9 Å². The van der Waals surface area contributed by atoms with Gasteiger partial charge in [0, 0.05) is 26.2 Å². The Balaban J connectivity index is 1.78. The molecule has 4 rings (SSSR count). The molecular weight excluding hydrogens is 549 g/mol. The molecular formula is C26H30FN3O7S2. The number of aryl methyl sites for hydroxylation is 1. The highest BCUT2D eigenvalue weighted by molar-refractivity contribution is 7.91. The molecule has 1 atom stereocenters. The monoisotopic (exact) mass is 579 g/mol. The Morgan fingerprint density at radius 2 is 1.85 bits per heavy atom. The molecule has 2 aromatic carbocycles. The molecule has 0 saturated carbocycles. The van der Waals surface area contributed by atoms with Crippen LogP contribution in [0.2, 0.25) is 0 Å². The van der Waals surface area contributed by atoms with E-state index in [9.17, 15) is 31.1 Å². The second-order valence-electron chi connectivity index (χ2n) is 10.7. The first-order valence-corrected chi connectivity index (χ1v) is 15.0. The van der Waals surface area contributed by atoms with Gasteiger partial charge < -0.3 is 14.7 Å². The molecule has 2 aliphatic rings. The van der Waals surface area contributed by atoms with Gasteiger partial charge >= 0.3 is 0 Å². The van der Waals surface area contributed by atoms with E-state index in [1.165, 1.54) is 43.3 Å². The standard InChI is InChI=1S/C26H30FN3O7S2/c1-15-12-16(10-11-18(15)27)13-30-24(26(2,3)4)22(31)20(25(30)32)21-17-8-7-9-19(23(17)39(35,36)28-21)37-14-38(33,34)29(5)6/h7-12,24,31H,13-14H2,1-6H3/t24-/m1/s1. The number of hydrogen-bond acceptors (Lipinski definition) is 7. The normalized spacial score (nSPS) is 19.1. The Morgan fingerprint density at radius 1 is 1.18 bits per heavy atom. The van der Waals surface area contributed by atoms with E-state index >= 15 is 0 Å². The van der Waals surface area contributed by atoms with Gasteiger partial charge in [-0.25, -0.2) is 17.1 Å². The molecule has 210 valence electrons. The van der Waals surface area contributed by atoms with Crippen molar-refractivity contribution in [3.05, 3.63) is 70.2 Å². The van der Waals surface area contributed by atoms with Gasteiger partial charge in [0.15, 0.2) is 0 Å². The number of rotatable bonds is 7. The minimum Gasteiger partial charge on any atom is -0.509 e. The molecule has 13 heteroatoms. The summed E-state index contributed by atoms with van der Waals surface area (Å²) in [6.45, 7) is 7.11. The van der Waals surface area contributed by atoms with Crippen molar-refractivity contribution in [1.82, 2.24) is 9.21 Å². The first-order chi connectivity index (χ1) is 18.0. The number of aliphatic hydroxyl groups is 1. The maximum absolute atomic E-state index is 13.8. The molecule has 0 aromatic heterocycles. The second-order valence-corrected chi connectivity index (χ2v) is 14.4. The molecule has 10 nitrogen and oxygen atoms in total. The molecule has 0 unspecified atom stereocenters. The number of aliphatic hydroxyl groups excluding tert-OH is 1. The van der Waals surface area contributed by atoms with Crippen LogP contribution in [0.5, 0.6) is 5.75 Å². The summed E-state index contributed by atoms with van der Waals surface area (Å²) in [6.07, 6.45) is 0. The zero-order chi connectivity index (χ0) is 29.1. The van der Waals surface area contributed by atoms with Gasteiger partial charge in [-0.15, -0.1) is 0 Å². The molecule has 1 N–H and O–H groups in total. The molecule has 0 bridgehead atoms. The molecule has 1 amide bonds. The molecule has 2 aromatic rings. The number of carbonyl (C=O) groups is 1. The van der Waals surface area contributed by atoms with E-state index in [4.69, 9.17) is 4.74 Å². The van der Waals surface area contributed by atoms with Crippen LogP contribution in [0.15, 0.2) is 57.0 Å². The van der Waals surface area contributed by atoms with Crippen LogP contribution < -0.4 is 4.74 Å². The van der Waals surface area contributed by atoms with E-state index < -0.39 is 43.3 Å². The third-order valence-electron chi connectivity index (χ3n) is 6.56. The number of ether oxygens (including phenoxy) is 1. The van der Waals surface area contributed by atoms with Crippen molar-refractivity contribution in [1.29, 1.82) is 0 Å². The fraction of sp³-hybridized carbons (Fsp3) is 0.385. The number of sulfonamides is 2. The van der Waals surface area contributed by atoms with Crippen LogP contribution in [0.25, 0.3) is 0 Å². The fourth-order valence-electron chi connectivity index (χ4n) is 4.64. The van der Waals surface area contributed by atoms with E-state index in [0.29, 0.717) is 11.1 Å². The van der Waals surface area contributed by atoms with Crippen LogP contribution in [0, 0.1) is 18.2 Å². The lowest BCUT2D eigenvalue weighted by Gasteiger charge is -2.35. The van der Waals surface area contributed by atoms with Gasteiger partial charge in [-0.2, -0.15) is 12.8 Å². The zero-order valence-electron chi connectivity index (χ0n) is 22.4. The first-order valence-electron chi connectivity index (χ1n) is 12.0. The van der Waals surface area contributed by atoms with E-state index in [1.807, 2.05) is 20.8 Å². The fourth-order valence-corrected chi connectivity index (χ4v) is 6.47. The van der Waals surface area contributed by atoms with E-state index in [-0.39, 0.29) is 45.6 Å². The summed E-state index contributed by atoms with van der Waals surface area (Å²) in [5.41, 5.74) is -0.146. The highest BCUT2D eigenvalue weighted by Crippen LogP contribution is 2.43. The minimum atomic E-state index is -4.40. The second kappa shape index (κ2) is 9.72. The summed E-state index contributed by atoms with van der Waals surface area (Å²) in [5, 5.41) is 11.4. The number of halogens is 1. The quantitative estimate of drug-likeness (QED) is 0.533. The number of hydrogen-bond donors (Lipinski definition) is 1. The molecule has 2 aliphatic heterocycles. The summed E-state index contributed by atoms with van der Waals surface area (Å²) in [5.74, 6) is -2.43. The topological polar surface area (TPSA) is 134 Å². The average molecular weight is 580 g/mol. The first kappa shape index (κ1) is 28.7. The molecule has 0 fully saturated rings. The maximum atomic E-state index is 13.8.